The highest BCUT2D eigenvalue weighted by atomic mass is 19.1. The van der Waals surface area contributed by atoms with Crippen LogP contribution in [0, 0.1) is 5.82 Å². The molecule has 2 amide bonds. The smallest absolute Gasteiger partial charge is 0.410 e. The summed E-state index contributed by atoms with van der Waals surface area (Å²) in [5.74, 6) is -0.693. The van der Waals surface area contributed by atoms with Crippen LogP contribution in [0.2, 0.25) is 0 Å². The van der Waals surface area contributed by atoms with E-state index in [2.05, 4.69) is 10.4 Å². The SMILES string of the molecule is CCN(CCNC(=O)c1nn(-c2ccccc2F)c2c1CCC2)C(=O)OC(C)(C)C. The van der Waals surface area contributed by atoms with Gasteiger partial charge in [-0.15, -0.1) is 0 Å². The lowest BCUT2D eigenvalue weighted by Crippen LogP contribution is -2.41. The third-order valence-electron chi connectivity index (χ3n) is 4.93. The molecule has 2 aromatic rings. The zero-order valence-electron chi connectivity index (χ0n) is 18.0. The fraction of sp³-hybridized carbons (Fsp3) is 0.500. The average Bonchev–Trinajstić information content (AvgIpc) is 3.27. The number of likely N-dealkylation sites (N-methyl/N-ethyl adjacent to an activating group) is 1. The molecule has 0 unspecified atom stereocenters. The number of hydrogen-bond donors (Lipinski definition) is 1. The lowest BCUT2D eigenvalue weighted by atomic mass is 10.2. The molecule has 162 valence electrons. The zero-order chi connectivity index (χ0) is 21.9. The van der Waals surface area contributed by atoms with Crippen LogP contribution in [0.1, 0.15) is 55.9 Å². The van der Waals surface area contributed by atoms with Crippen LogP contribution in [-0.2, 0) is 17.6 Å². The van der Waals surface area contributed by atoms with E-state index in [-0.39, 0.29) is 18.3 Å². The molecule has 0 radical (unpaired) electrons. The van der Waals surface area contributed by atoms with Crippen LogP contribution in [0.4, 0.5) is 9.18 Å². The second kappa shape index (κ2) is 8.85. The van der Waals surface area contributed by atoms with Crippen LogP contribution in [0.15, 0.2) is 24.3 Å². The van der Waals surface area contributed by atoms with E-state index in [1.165, 1.54) is 11.0 Å². The Morgan fingerprint density at radius 1 is 1.27 bits per heavy atom. The molecule has 1 aliphatic carbocycles. The highest BCUT2D eigenvalue weighted by Crippen LogP contribution is 2.28. The normalized spacial score (nSPS) is 13.1. The largest absolute Gasteiger partial charge is 0.444 e. The van der Waals surface area contributed by atoms with Crippen LogP contribution < -0.4 is 5.32 Å². The van der Waals surface area contributed by atoms with Crippen molar-refractivity contribution in [1.82, 2.24) is 20.0 Å². The van der Waals surface area contributed by atoms with E-state index >= 15 is 0 Å². The van der Waals surface area contributed by atoms with Crippen LogP contribution >= 0.6 is 0 Å². The highest BCUT2D eigenvalue weighted by molar-refractivity contribution is 5.94. The van der Waals surface area contributed by atoms with E-state index in [0.717, 1.165) is 30.5 Å². The molecule has 0 saturated carbocycles. The molecule has 8 heteroatoms. The molecule has 0 fully saturated rings. The molecule has 1 aromatic carbocycles. The number of benzene rings is 1. The van der Waals surface area contributed by atoms with Crippen molar-refractivity contribution in [2.24, 2.45) is 0 Å². The first-order chi connectivity index (χ1) is 14.2. The number of amides is 2. The Kier molecular flexibility index (Phi) is 6.43. The average molecular weight is 416 g/mol. The summed E-state index contributed by atoms with van der Waals surface area (Å²) in [6.45, 7) is 8.37. The van der Waals surface area contributed by atoms with E-state index in [4.69, 9.17) is 4.74 Å². The topological polar surface area (TPSA) is 76.5 Å². The second-order valence-electron chi connectivity index (χ2n) is 8.31. The number of carbonyl (C=O) groups excluding carboxylic acids is 2. The molecule has 0 atom stereocenters. The summed E-state index contributed by atoms with van der Waals surface area (Å²) in [7, 11) is 0. The van der Waals surface area contributed by atoms with Gasteiger partial charge in [-0.1, -0.05) is 12.1 Å². The van der Waals surface area contributed by atoms with E-state index in [9.17, 15) is 14.0 Å². The molecule has 0 spiro atoms. The summed E-state index contributed by atoms with van der Waals surface area (Å²) in [4.78, 5) is 26.5. The van der Waals surface area contributed by atoms with Gasteiger partial charge in [-0.2, -0.15) is 5.10 Å². The molecule has 0 aliphatic heterocycles. The van der Waals surface area contributed by atoms with E-state index in [0.29, 0.717) is 24.5 Å². The molecular weight excluding hydrogens is 387 g/mol. The van der Waals surface area contributed by atoms with Gasteiger partial charge < -0.3 is 15.0 Å². The van der Waals surface area contributed by atoms with Crippen LogP contribution in [-0.4, -0.2) is 51.9 Å². The first-order valence-electron chi connectivity index (χ1n) is 10.3. The van der Waals surface area contributed by atoms with Crippen LogP contribution in [0.25, 0.3) is 5.69 Å². The van der Waals surface area contributed by atoms with Gasteiger partial charge in [-0.3, -0.25) is 4.79 Å². The van der Waals surface area contributed by atoms with Crippen molar-refractivity contribution in [2.45, 2.75) is 52.6 Å². The van der Waals surface area contributed by atoms with Gasteiger partial charge in [0, 0.05) is 30.9 Å². The Labute approximate surface area is 176 Å². The predicted molar refractivity (Wildman–Crippen MR) is 111 cm³/mol. The van der Waals surface area contributed by atoms with E-state index in [1.807, 2.05) is 27.7 Å². The van der Waals surface area contributed by atoms with Gasteiger partial charge in [0.2, 0.25) is 0 Å². The first kappa shape index (κ1) is 21.8. The van der Waals surface area contributed by atoms with Crippen molar-refractivity contribution < 1.29 is 18.7 Å². The molecule has 1 N–H and O–H groups in total. The van der Waals surface area contributed by atoms with Crippen molar-refractivity contribution >= 4 is 12.0 Å². The third kappa shape index (κ3) is 4.80. The van der Waals surface area contributed by atoms with Crippen LogP contribution in [0.3, 0.4) is 0 Å². The molecule has 1 heterocycles. The summed E-state index contributed by atoms with van der Waals surface area (Å²) in [5.41, 5.74) is 1.85. The lowest BCUT2D eigenvalue weighted by molar-refractivity contribution is 0.0260. The Morgan fingerprint density at radius 2 is 2.00 bits per heavy atom. The summed E-state index contributed by atoms with van der Waals surface area (Å²) in [6.07, 6.45) is 1.99. The molecular formula is C22H29FN4O3. The zero-order valence-corrected chi connectivity index (χ0v) is 18.0. The van der Waals surface area contributed by atoms with Crippen molar-refractivity contribution in [1.29, 1.82) is 0 Å². The van der Waals surface area contributed by atoms with Gasteiger partial charge in [0.15, 0.2) is 5.69 Å². The molecule has 1 aliphatic rings. The minimum atomic E-state index is -0.576. The van der Waals surface area contributed by atoms with Gasteiger partial charge in [-0.25, -0.2) is 13.9 Å². The number of aromatic nitrogens is 2. The van der Waals surface area contributed by atoms with Crippen molar-refractivity contribution in [3.05, 3.63) is 47.0 Å². The second-order valence-corrected chi connectivity index (χ2v) is 8.31. The monoisotopic (exact) mass is 416 g/mol. The molecule has 0 saturated heterocycles. The van der Waals surface area contributed by atoms with Gasteiger partial charge >= 0.3 is 6.09 Å². The Hall–Kier alpha value is -2.90. The van der Waals surface area contributed by atoms with Gasteiger partial charge in [0.1, 0.15) is 17.1 Å². The molecule has 3 rings (SSSR count). The van der Waals surface area contributed by atoms with E-state index < -0.39 is 11.7 Å². The quantitative estimate of drug-likeness (QED) is 0.782. The molecule has 1 aromatic heterocycles. The number of hydrogen-bond acceptors (Lipinski definition) is 4. The minimum absolute atomic E-state index is 0.271. The summed E-state index contributed by atoms with van der Waals surface area (Å²) in [5, 5.41) is 7.26. The van der Waals surface area contributed by atoms with Crippen molar-refractivity contribution in [3.63, 3.8) is 0 Å². The van der Waals surface area contributed by atoms with Gasteiger partial charge in [0.05, 0.1) is 0 Å². The van der Waals surface area contributed by atoms with Crippen molar-refractivity contribution in [2.75, 3.05) is 19.6 Å². The number of rotatable bonds is 6. The number of ether oxygens (including phenoxy) is 1. The van der Waals surface area contributed by atoms with E-state index in [1.54, 1.807) is 22.9 Å². The maximum absolute atomic E-state index is 14.3. The number of carbonyl (C=O) groups is 2. The maximum Gasteiger partial charge on any atom is 0.410 e. The fourth-order valence-corrected chi connectivity index (χ4v) is 3.54. The number of para-hydroxylation sites is 1. The van der Waals surface area contributed by atoms with Gasteiger partial charge in [-0.05, 0) is 59.1 Å². The fourth-order valence-electron chi connectivity index (χ4n) is 3.54. The Balaban J connectivity index is 1.69. The van der Waals surface area contributed by atoms with Crippen molar-refractivity contribution in [3.8, 4) is 5.69 Å². The molecule has 0 bridgehead atoms. The standard InChI is InChI=1S/C22H29FN4O3/c1-5-26(21(29)30-22(2,3)4)14-13-24-20(28)19-15-9-8-12-17(15)27(25-19)18-11-7-6-10-16(18)23/h6-7,10-11H,5,8-9,12-14H2,1-4H3,(H,24,28). The highest BCUT2D eigenvalue weighted by Gasteiger charge is 2.28. The number of fused-ring (bicyclic) bond motifs is 1. The third-order valence-corrected chi connectivity index (χ3v) is 4.93. The van der Waals surface area contributed by atoms with Crippen LogP contribution in [0.5, 0.6) is 0 Å². The summed E-state index contributed by atoms with van der Waals surface area (Å²) in [6, 6.07) is 6.41. The molecule has 30 heavy (non-hydrogen) atoms. The molecule has 7 nitrogen and oxygen atoms in total. The minimum Gasteiger partial charge on any atom is -0.444 e. The first-order valence-corrected chi connectivity index (χ1v) is 10.3. The predicted octanol–water partition coefficient (Wildman–Crippen LogP) is 3.49. The Bertz CT molecular complexity index is 933. The lowest BCUT2D eigenvalue weighted by Gasteiger charge is -2.26. The number of nitrogens with zero attached hydrogens (tertiary/aromatic N) is 3. The number of halogens is 1. The Morgan fingerprint density at radius 3 is 2.67 bits per heavy atom. The summed E-state index contributed by atoms with van der Waals surface area (Å²) >= 11 is 0. The van der Waals surface area contributed by atoms with Gasteiger partial charge in [0.25, 0.3) is 5.91 Å². The summed E-state index contributed by atoms with van der Waals surface area (Å²) < 4.78 is 21.2. The maximum atomic E-state index is 14.3. The number of nitrogens with one attached hydrogen (secondary N) is 1.